The lowest BCUT2D eigenvalue weighted by atomic mass is 9.76. The first-order valence-electron chi connectivity index (χ1n) is 10.3. The summed E-state index contributed by atoms with van der Waals surface area (Å²) in [5.74, 6) is -0.571. The zero-order chi connectivity index (χ0) is 21.1. The number of hydrogen-bond acceptors (Lipinski definition) is 4. The van der Waals surface area contributed by atoms with Crippen LogP contribution in [0.3, 0.4) is 0 Å². The summed E-state index contributed by atoms with van der Waals surface area (Å²) in [4.78, 5) is 4.98. The second-order valence-corrected chi connectivity index (χ2v) is 9.74. The van der Waals surface area contributed by atoms with Gasteiger partial charge in [0.25, 0.3) is 0 Å². The van der Waals surface area contributed by atoms with Gasteiger partial charge in [0.15, 0.2) is 0 Å². The van der Waals surface area contributed by atoms with Gasteiger partial charge >= 0.3 is 0 Å². The van der Waals surface area contributed by atoms with Crippen molar-refractivity contribution in [1.29, 1.82) is 5.26 Å². The van der Waals surface area contributed by atoms with E-state index in [9.17, 15) is 13.7 Å². The second kappa shape index (κ2) is 8.55. The molecule has 0 aliphatic heterocycles. The topological polar surface area (TPSA) is 82.9 Å². The molecule has 1 aliphatic carbocycles. The third-order valence-corrected chi connectivity index (χ3v) is 7.47. The Morgan fingerprint density at radius 3 is 2.53 bits per heavy atom. The molecule has 0 radical (unpaired) electrons. The first-order chi connectivity index (χ1) is 14.5. The van der Waals surface area contributed by atoms with E-state index in [0.29, 0.717) is 5.69 Å². The highest BCUT2D eigenvalue weighted by Gasteiger charge is 2.36. The highest BCUT2D eigenvalue weighted by molar-refractivity contribution is 7.89. The van der Waals surface area contributed by atoms with Gasteiger partial charge < -0.3 is 0 Å². The van der Waals surface area contributed by atoms with Gasteiger partial charge in [-0.1, -0.05) is 54.8 Å². The molecule has 5 nitrogen and oxygen atoms in total. The highest BCUT2D eigenvalue weighted by atomic mass is 32.2. The Bertz CT molecular complexity index is 1180. The monoisotopic (exact) mass is 419 g/mol. The number of para-hydroxylation sites is 1. The number of aryl methyl sites for hydroxylation is 1. The van der Waals surface area contributed by atoms with Gasteiger partial charge in [-0.25, -0.2) is 13.1 Å². The predicted molar refractivity (Wildman–Crippen MR) is 117 cm³/mol. The number of pyridine rings is 1. The average Bonchev–Trinajstić information content (AvgIpc) is 2.75. The zero-order valence-electron chi connectivity index (χ0n) is 17.0. The number of aromatic nitrogens is 1. The van der Waals surface area contributed by atoms with Crippen molar-refractivity contribution in [1.82, 2.24) is 9.71 Å². The summed E-state index contributed by atoms with van der Waals surface area (Å²) in [6.07, 6.45) is 3.45. The van der Waals surface area contributed by atoms with Gasteiger partial charge in [-0.05, 0) is 49.9 Å². The fourth-order valence-electron chi connectivity index (χ4n) is 4.33. The standard InChI is InChI=1S/C24H25N3O2S/c1-17-10-13-19(14-11-17)30(28,29)27-24-9-5-3-7-20(24)21(16-25)23-15-12-18-6-2-4-8-22(18)26-23/h2,4,6,8,10-15,20-21,24,27H,3,5,7,9H2,1H3/t20-,21-,24+/m0/s1. The van der Waals surface area contributed by atoms with Gasteiger partial charge in [-0.3, -0.25) is 4.98 Å². The molecule has 3 aromatic rings. The van der Waals surface area contributed by atoms with E-state index in [2.05, 4.69) is 10.8 Å². The Balaban J connectivity index is 1.63. The van der Waals surface area contributed by atoms with E-state index < -0.39 is 15.9 Å². The Hall–Kier alpha value is -2.75. The largest absolute Gasteiger partial charge is 0.251 e. The molecule has 30 heavy (non-hydrogen) atoms. The SMILES string of the molecule is Cc1ccc(S(=O)(=O)N[C@@H]2CCCC[C@H]2[C@H](C#N)c2ccc3ccccc3n2)cc1. The van der Waals surface area contributed by atoms with E-state index in [1.165, 1.54) is 0 Å². The molecule has 0 bridgehead atoms. The molecule has 0 saturated heterocycles. The summed E-state index contributed by atoms with van der Waals surface area (Å²) < 4.78 is 28.8. The van der Waals surface area contributed by atoms with Gasteiger partial charge in [0.05, 0.1) is 28.1 Å². The predicted octanol–water partition coefficient (Wildman–Crippen LogP) is 4.69. The van der Waals surface area contributed by atoms with Crippen LogP contribution in [0.1, 0.15) is 42.9 Å². The summed E-state index contributed by atoms with van der Waals surface area (Å²) in [5, 5.41) is 11.0. The van der Waals surface area contributed by atoms with Crippen molar-refractivity contribution in [2.75, 3.05) is 0 Å². The van der Waals surface area contributed by atoms with Gasteiger partial charge in [-0.2, -0.15) is 5.26 Å². The Morgan fingerprint density at radius 1 is 1.03 bits per heavy atom. The maximum Gasteiger partial charge on any atom is 0.240 e. The summed E-state index contributed by atoms with van der Waals surface area (Å²) >= 11 is 0. The molecular weight excluding hydrogens is 394 g/mol. The number of fused-ring (bicyclic) bond motifs is 1. The van der Waals surface area contributed by atoms with Crippen molar-refractivity contribution in [2.24, 2.45) is 5.92 Å². The van der Waals surface area contributed by atoms with E-state index in [0.717, 1.165) is 42.1 Å². The van der Waals surface area contributed by atoms with Crippen LogP contribution in [0.4, 0.5) is 0 Å². The van der Waals surface area contributed by atoms with Crippen molar-refractivity contribution in [3.8, 4) is 6.07 Å². The number of nitrogens with one attached hydrogen (secondary N) is 1. The third-order valence-electron chi connectivity index (χ3n) is 5.96. The van der Waals surface area contributed by atoms with Crippen LogP contribution in [-0.2, 0) is 10.0 Å². The highest BCUT2D eigenvalue weighted by Crippen LogP contribution is 2.36. The molecule has 1 heterocycles. The molecule has 1 fully saturated rings. The molecule has 4 rings (SSSR count). The molecule has 3 atom stereocenters. The van der Waals surface area contributed by atoms with Crippen LogP contribution < -0.4 is 4.72 Å². The molecule has 0 amide bonds. The minimum atomic E-state index is -3.65. The smallest absolute Gasteiger partial charge is 0.240 e. The summed E-state index contributed by atoms with van der Waals surface area (Å²) in [6.45, 7) is 1.93. The molecule has 0 spiro atoms. The van der Waals surface area contributed by atoms with Gasteiger partial charge in [0, 0.05) is 11.4 Å². The van der Waals surface area contributed by atoms with E-state index in [4.69, 9.17) is 4.98 Å². The molecule has 0 unspecified atom stereocenters. The number of sulfonamides is 1. The van der Waals surface area contributed by atoms with E-state index in [1.54, 1.807) is 24.3 Å². The maximum atomic E-state index is 13.0. The van der Waals surface area contributed by atoms with Crippen LogP contribution >= 0.6 is 0 Å². The van der Waals surface area contributed by atoms with Crippen LogP contribution in [-0.4, -0.2) is 19.4 Å². The Labute approximate surface area is 177 Å². The van der Waals surface area contributed by atoms with Crippen molar-refractivity contribution in [2.45, 2.75) is 49.5 Å². The zero-order valence-corrected chi connectivity index (χ0v) is 17.8. The Morgan fingerprint density at radius 2 is 1.77 bits per heavy atom. The number of rotatable bonds is 5. The molecule has 1 aliphatic rings. The summed E-state index contributed by atoms with van der Waals surface area (Å²) in [6, 6.07) is 20.7. The van der Waals surface area contributed by atoms with E-state index in [-0.39, 0.29) is 16.9 Å². The lowest BCUT2D eigenvalue weighted by Gasteiger charge is -2.34. The molecule has 2 aromatic carbocycles. The summed E-state index contributed by atoms with van der Waals surface area (Å²) in [5.41, 5.74) is 2.57. The first-order valence-corrected chi connectivity index (χ1v) is 11.8. The molecular formula is C24H25N3O2S. The van der Waals surface area contributed by atoms with E-state index >= 15 is 0 Å². The minimum absolute atomic E-state index is 0.113. The number of benzene rings is 2. The van der Waals surface area contributed by atoms with Gasteiger partial charge in [0.1, 0.15) is 0 Å². The van der Waals surface area contributed by atoms with Crippen molar-refractivity contribution >= 4 is 20.9 Å². The second-order valence-electron chi connectivity index (χ2n) is 8.02. The van der Waals surface area contributed by atoms with Crippen LogP contribution in [0, 0.1) is 24.2 Å². The quantitative estimate of drug-likeness (QED) is 0.650. The van der Waals surface area contributed by atoms with Gasteiger partial charge in [-0.15, -0.1) is 0 Å². The average molecular weight is 420 g/mol. The van der Waals surface area contributed by atoms with Crippen LogP contribution in [0.2, 0.25) is 0 Å². The van der Waals surface area contributed by atoms with Gasteiger partial charge in [0.2, 0.25) is 10.0 Å². The van der Waals surface area contributed by atoms with E-state index in [1.807, 2.05) is 43.3 Å². The lowest BCUT2D eigenvalue weighted by molar-refractivity contribution is 0.269. The van der Waals surface area contributed by atoms with Crippen LogP contribution in [0.15, 0.2) is 65.6 Å². The molecule has 1 N–H and O–H groups in total. The maximum absolute atomic E-state index is 13.0. The molecule has 6 heteroatoms. The van der Waals surface area contributed by atoms with Crippen molar-refractivity contribution < 1.29 is 8.42 Å². The fraction of sp³-hybridized carbons (Fsp3) is 0.333. The Kier molecular flexibility index (Phi) is 5.85. The molecule has 154 valence electrons. The van der Waals surface area contributed by atoms with Crippen molar-refractivity contribution in [3.63, 3.8) is 0 Å². The number of nitriles is 1. The lowest BCUT2D eigenvalue weighted by Crippen LogP contribution is -2.44. The first kappa shape index (κ1) is 20.5. The minimum Gasteiger partial charge on any atom is -0.251 e. The van der Waals surface area contributed by atoms with Crippen LogP contribution in [0.5, 0.6) is 0 Å². The molecule has 1 aromatic heterocycles. The number of hydrogen-bond donors (Lipinski definition) is 1. The third kappa shape index (κ3) is 4.23. The number of nitrogens with zero attached hydrogens (tertiary/aromatic N) is 2. The fourth-order valence-corrected chi connectivity index (χ4v) is 5.65. The molecule has 1 saturated carbocycles. The van der Waals surface area contributed by atoms with Crippen LogP contribution in [0.25, 0.3) is 10.9 Å². The van der Waals surface area contributed by atoms with Crippen molar-refractivity contribution in [3.05, 3.63) is 71.9 Å². The normalized spacial score (nSPS) is 20.5. The summed E-state index contributed by atoms with van der Waals surface area (Å²) in [7, 11) is -3.65.